The summed E-state index contributed by atoms with van der Waals surface area (Å²) in [5, 5.41) is 0. The van der Waals surface area contributed by atoms with Gasteiger partial charge in [0.1, 0.15) is 6.33 Å². The van der Waals surface area contributed by atoms with Crippen molar-refractivity contribution in [3.63, 3.8) is 0 Å². The third-order valence-corrected chi connectivity index (χ3v) is 1.24. The molecule has 0 saturated carbocycles. The van der Waals surface area contributed by atoms with Gasteiger partial charge in [0.2, 0.25) is 5.95 Å². The van der Waals surface area contributed by atoms with E-state index in [0.717, 1.165) is 0 Å². The second-order valence-electron chi connectivity index (χ2n) is 1.95. The molecule has 2 heterocycles. The van der Waals surface area contributed by atoms with Crippen LogP contribution >= 0.6 is 0 Å². The Balaban J connectivity index is 2.46. The summed E-state index contributed by atoms with van der Waals surface area (Å²) in [6.07, 6.45) is 8.26. The summed E-state index contributed by atoms with van der Waals surface area (Å²) in [7, 11) is 0. The second kappa shape index (κ2) is 2.49. The normalized spacial score (nSPS) is 9.82. The van der Waals surface area contributed by atoms with E-state index in [9.17, 15) is 0 Å². The van der Waals surface area contributed by atoms with E-state index in [4.69, 9.17) is 0 Å². The smallest absolute Gasteiger partial charge is 0.234 e. The molecule has 0 amide bonds. The van der Waals surface area contributed by atoms with Crippen molar-refractivity contribution in [2.45, 2.75) is 0 Å². The van der Waals surface area contributed by atoms with E-state index < -0.39 is 0 Å². The summed E-state index contributed by atoms with van der Waals surface area (Å²) in [5.74, 6) is 0.612. The van der Waals surface area contributed by atoms with Crippen LogP contribution in [0.3, 0.4) is 0 Å². The largest absolute Gasteiger partial charge is 0.274 e. The predicted molar refractivity (Wildman–Crippen MR) is 38.0 cm³/mol. The SMILES string of the molecule is [c]1cnc(-n2ccnc2)nc1. The molecule has 0 aliphatic rings. The molecule has 4 heteroatoms. The van der Waals surface area contributed by atoms with Crippen LogP contribution in [0.4, 0.5) is 0 Å². The highest BCUT2D eigenvalue weighted by molar-refractivity contribution is 5.08. The fraction of sp³-hybridized carbons (Fsp3) is 0. The van der Waals surface area contributed by atoms with Crippen LogP contribution in [-0.2, 0) is 0 Å². The van der Waals surface area contributed by atoms with Gasteiger partial charge in [0.25, 0.3) is 0 Å². The molecule has 2 aromatic heterocycles. The van der Waals surface area contributed by atoms with E-state index in [2.05, 4.69) is 21.0 Å². The van der Waals surface area contributed by atoms with E-state index in [1.54, 1.807) is 35.7 Å². The van der Waals surface area contributed by atoms with Gasteiger partial charge in [-0.2, -0.15) is 0 Å². The van der Waals surface area contributed by atoms with Crippen LogP contribution in [0.2, 0.25) is 0 Å². The number of hydrogen-bond acceptors (Lipinski definition) is 3. The zero-order chi connectivity index (χ0) is 7.52. The van der Waals surface area contributed by atoms with Crippen molar-refractivity contribution in [1.82, 2.24) is 19.5 Å². The van der Waals surface area contributed by atoms with Gasteiger partial charge < -0.3 is 0 Å². The Bertz CT molecular complexity index is 313. The summed E-state index contributed by atoms with van der Waals surface area (Å²) in [6.45, 7) is 0. The summed E-state index contributed by atoms with van der Waals surface area (Å²) in [5.41, 5.74) is 0. The van der Waals surface area contributed by atoms with Crippen LogP contribution in [0, 0.1) is 6.07 Å². The lowest BCUT2D eigenvalue weighted by Crippen LogP contribution is -1.95. The third kappa shape index (κ3) is 1.10. The third-order valence-electron chi connectivity index (χ3n) is 1.24. The highest BCUT2D eigenvalue weighted by Gasteiger charge is 1.93. The molecular formula is C7H5N4. The maximum Gasteiger partial charge on any atom is 0.234 e. The minimum absolute atomic E-state index is 0.612. The molecule has 0 atom stereocenters. The maximum absolute atomic E-state index is 3.98. The van der Waals surface area contributed by atoms with Gasteiger partial charge in [-0.05, 0) is 0 Å². The van der Waals surface area contributed by atoms with Gasteiger partial charge in [0.05, 0.1) is 0 Å². The van der Waals surface area contributed by atoms with Crippen LogP contribution in [0.25, 0.3) is 5.95 Å². The first kappa shape index (κ1) is 6.03. The van der Waals surface area contributed by atoms with Crippen molar-refractivity contribution in [2.24, 2.45) is 0 Å². The monoisotopic (exact) mass is 145 g/mol. The van der Waals surface area contributed by atoms with Gasteiger partial charge in [-0.15, -0.1) is 0 Å². The molecule has 2 rings (SSSR count). The van der Waals surface area contributed by atoms with Crippen LogP contribution in [0.5, 0.6) is 0 Å². The Labute approximate surface area is 63.6 Å². The number of rotatable bonds is 1. The topological polar surface area (TPSA) is 43.6 Å². The Morgan fingerprint density at radius 2 is 2.09 bits per heavy atom. The fourth-order valence-electron chi connectivity index (χ4n) is 0.767. The number of imidazole rings is 1. The highest BCUT2D eigenvalue weighted by Crippen LogP contribution is 1.95. The first-order valence-corrected chi connectivity index (χ1v) is 3.13. The lowest BCUT2D eigenvalue weighted by Gasteiger charge is -1.95. The van der Waals surface area contributed by atoms with E-state index >= 15 is 0 Å². The van der Waals surface area contributed by atoms with Gasteiger partial charge in [-0.25, -0.2) is 15.0 Å². The minimum atomic E-state index is 0.612. The molecule has 0 fully saturated rings. The van der Waals surface area contributed by atoms with Gasteiger partial charge in [0.15, 0.2) is 0 Å². The average molecular weight is 145 g/mol. The van der Waals surface area contributed by atoms with Gasteiger partial charge in [-0.3, -0.25) is 4.57 Å². The van der Waals surface area contributed by atoms with Crippen molar-refractivity contribution in [1.29, 1.82) is 0 Å². The molecule has 2 aromatic rings. The van der Waals surface area contributed by atoms with Crippen molar-refractivity contribution in [3.05, 3.63) is 37.2 Å². The molecule has 1 radical (unpaired) electrons. The van der Waals surface area contributed by atoms with E-state index in [-0.39, 0.29) is 0 Å². The summed E-state index contributed by atoms with van der Waals surface area (Å²) < 4.78 is 1.73. The molecule has 0 aliphatic heterocycles. The fourth-order valence-corrected chi connectivity index (χ4v) is 0.767. The lowest BCUT2D eigenvalue weighted by molar-refractivity contribution is 0.924. The molecule has 0 spiro atoms. The highest BCUT2D eigenvalue weighted by atomic mass is 15.2. The first-order chi connectivity index (χ1) is 5.47. The quantitative estimate of drug-likeness (QED) is 0.585. The Morgan fingerprint density at radius 3 is 2.73 bits per heavy atom. The van der Waals surface area contributed by atoms with Crippen molar-refractivity contribution >= 4 is 0 Å². The van der Waals surface area contributed by atoms with Crippen molar-refractivity contribution < 1.29 is 0 Å². The molecule has 4 nitrogen and oxygen atoms in total. The summed E-state index contributed by atoms with van der Waals surface area (Å²) in [4.78, 5) is 11.8. The maximum atomic E-state index is 3.98. The zero-order valence-electron chi connectivity index (χ0n) is 5.68. The molecule has 0 bridgehead atoms. The summed E-state index contributed by atoms with van der Waals surface area (Å²) >= 11 is 0. The summed E-state index contributed by atoms with van der Waals surface area (Å²) in [6, 6.07) is 2.74. The molecule has 0 unspecified atom stereocenters. The Morgan fingerprint density at radius 1 is 1.27 bits per heavy atom. The standard InChI is InChI=1S/C7H5N4/c1-2-9-7(10-3-1)11-5-4-8-6-11/h2-6H. The Hall–Kier alpha value is -1.71. The van der Waals surface area contributed by atoms with Gasteiger partial charge >= 0.3 is 0 Å². The molecular weight excluding hydrogens is 140 g/mol. The lowest BCUT2D eigenvalue weighted by atomic mass is 10.7. The zero-order valence-corrected chi connectivity index (χ0v) is 5.68. The number of hydrogen-bond donors (Lipinski definition) is 0. The molecule has 53 valence electrons. The predicted octanol–water partition coefficient (Wildman–Crippen LogP) is 0.462. The molecule has 0 aromatic carbocycles. The molecule has 0 N–H and O–H groups in total. The minimum Gasteiger partial charge on any atom is -0.274 e. The van der Waals surface area contributed by atoms with Crippen LogP contribution < -0.4 is 0 Å². The number of aromatic nitrogens is 4. The average Bonchev–Trinajstić information content (AvgIpc) is 2.58. The molecule has 11 heavy (non-hydrogen) atoms. The van der Waals surface area contributed by atoms with Crippen molar-refractivity contribution in [3.8, 4) is 5.95 Å². The van der Waals surface area contributed by atoms with E-state index in [1.165, 1.54) is 0 Å². The van der Waals surface area contributed by atoms with Gasteiger partial charge in [0, 0.05) is 30.9 Å². The van der Waals surface area contributed by atoms with Gasteiger partial charge in [-0.1, -0.05) is 0 Å². The van der Waals surface area contributed by atoms with E-state index in [0.29, 0.717) is 5.95 Å². The number of nitrogens with zero attached hydrogens (tertiary/aromatic N) is 4. The Kier molecular flexibility index (Phi) is 1.37. The first-order valence-electron chi connectivity index (χ1n) is 3.13. The van der Waals surface area contributed by atoms with Crippen LogP contribution in [0.15, 0.2) is 31.1 Å². The second-order valence-corrected chi connectivity index (χ2v) is 1.95. The molecule has 0 saturated heterocycles. The molecule has 0 aliphatic carbocycles. The van der Waals surface area contributed by atoms with E-state index in [1.807, 2.05) is 0 Å². The van der Waals surface area contributed by atoms with Crippen LogP contribution in [0.1, 0.15) is 0 Å². The van der Waals surface area contributed by atoms with Crippen molar-refractivity contribution in [2.75, 3.05) is 0 Å². The van der Waals surface area contributed by atoms with Crippen LogP contribution in [-0.4, -0.2) is 19.5 Å².